The number of nitrogens with two attached hydrogens (primary N) is 1. The highest BCUT2D eigenvalue weighted by Gasteiger charge is 2.56. The number of rotatable bonds is 12. The summed E-state index contributed by atoms with van der Waals surface area (Å²) in [5, 5.41) is 36.6. The third-order valence-corrected chi connectivity index (χ3v) is 13.8. The van der Waals surface area contributed by atoms with Crippen LogP contribution in [0.15, 0.2) is 40.1 Å². The number of ketones is 1. The van der Waals surface area contributed by atoms with Gasteiger partial charge in [-0.05, 0) is 98.5 Å². The van der Waals surface area contributed by atoms with Gasteiger partial charge in [-0.3, -0.25) is 19.4 Å². The smallest absolute Gasteiger partial charge is 0.351 e. The number of nitrogens with one attached hydrogen (secondary N) is 2. The van der Waals surface area contributed by atoms with E-state index in [1.807, 2.05) is 32.8 Å². The molecular weight excluding hydrogens is 906 g/mol. The standard InChI is InChI=1S/C47H70FN7O12S/c1-13-33-47(10,61)40-26(5)36(53-35(56)14-2)24(3)18-45(8,39(27(6)38(58)46(9,48)44(60)66-33)67-43-37(57)32(55(11)12)17-25(4)65-43)63-21-31(20-62-40)54-64-22-30-16-15-29(19-50-30)42-52-34(23-68-42)51-41(59)28(7)49/h15-16,19,23-25,27-28,32-33,37,39-40,43,57,61H,13-14,17-18,20-22,49H2,1-12H3,(H,51,59)(H,53,56)/b36-26+,54-31?/t24-,25-,27+,28+,32+,33-,37-,39-,40-,43+,45-,46+,47-/m1/s1. The van der Waals surface area contributed by atoms with Crippen molar-refractivity contribution in [2.75, 3.05) is 32.6 Å². The Hall–Kier alpha value is -4.32. The number of fused-ring (bicyclic) bond motifs is 4. The second-order valence-electron chi connectivity index (χ2n) is 19.0. The van der Waals surface area contributed by atoms with Gasteiger partial charge in [-0.15, -0.1) is 11.3 Å². The van der Waals surface area contributed by atoms with Crippen molar-refractivity contribution in [2.24, 2.45) is 22.7 Å². The molecule has 2 aromatic rings. The van der Waals surface area contributed by atoms with Crippen LogP contribution in [0.1, 0.15) is 101 Å². The minimum Gasteiger partial charge on any atom is -0.457 e. The number of aliphatic hydroxyl groups excluding tert-OH is 1. The number of pyridine rings is 1. The van der Waals surface area contributed by atoms with Crippen LogP contribution < -0.4 is 16.4 Å². The lowest BCUT2D eigenvalue weighted by molar-refractivity contribution is -0.296. The van der Waals surface area contributed by atoms with Crippen LogP contribution in [0, 0.1) is 11.8 Å². The van der Waals surface area contributed by atoms with Crippen molar-refractivity contribution in [3.05, 3.63) is 40.7 Å². The van der Waals surface area contributed by atoms with Crippen molar-refractivity contribution < 1.29 is 62.3 Å². The number of anilines is 1. The Bertz CT molecular complexity index is 2170. The van der Waals surface area contributed by atoms with E-state index in [0.29, 0.717) is 39.8 Å². The summed E-state index contributed by atoms with van der Waals surface area (Å²) in [4.78, 5) is 70.5. The van der Waals surface area contributed by atoms with Crippen LogP contribution in [0.4, 0.5) is 10.2 Å². The van der Waals surface area contributed by atoms with E-state index in [9.17, 15) is 29.4 Å². The number of oxime groups is 1. The van der Waals surface area contributed by atoms with Crippen LogP contribution in [0.25, 0.3) is 10.6 Å². The summed E-state index contributed by atoms with van der Waals surface area (Å²) >= 11 is 1.32. The van der Waals surface area contributed by atoms with Crippen molar-refractivity contribution in [2.45, 2.75) is 167 Å². The Morgan fingerprint density at radius 1 is 1.13 bits per heavy atom. The van der Waals surface area contributed by atoms with Crippen LogP contribution in [-0.2, 0) is 54.3 Å². The molecule has 19 nitrogen and oxygen atoms in total. The molecule has 1 saturated heterocycles. The molecule has 0 unspecified atom stereocenters. The molecular formula is C47H70FN7O12S. The topological polar surface area (TPSA) is 256 Å². The van der Waals surface area contributed by atoms with Gasteiger partial charge < -0.3 is 60.0 Å². The van der Waals surface area contributed by atoms with Gasteiger partial charge >= 0.3 is 5.97 Å². The molecule has 0 aromatic carbocycles. The number of cyclic esters (lactones) is 1. The van der Waals surface area contributed by atoms with Crippen LogP contribution in [-0.4, -0.2) is 147 Å². The fourth-order valence-electron chi connectivity index (χ4n) is 9.02. The Kier molecular flexibility index (Phi) is 18.2. The normalized spacial score (nSPS) is 35.4. The first kappa shape index (κ1) is 54.6. The highest BCUT2D eigenvalue weighted by Crippen LogP contribution is 2.41. The molecule has 0 spiro atoms. The lowest BCUT2D eigenvalue weighted by Gasteiger charge is -2.47. The maximum atomic E-state index is 17.0. The fourth-order valence-corrected chi connectivity index (χ4v) is 9.76. The second kappa shape index (κ2) is 22.6. The van der Waals surface area contributed by atoms with E-state index in [-0.39, 0.29) is 56.6 Å². The number of esters is 1. The number of thiazole rings is 1. The van der Waals surface area contributed by atoms with Crippen molar-refractivity contribution in [3.8, 4) is 10.6 Å². The summed E-state index contributed by atoms with van der Waals surface area (Å²) in [7, 11) is 3.62. The molecule has 1 fully saturated rings. The zero-order valence-electron chi connectivity index (χ0n) is 41.2. The number of aromatic nitrogens is 2. The first-order valence-electron chi connectivity index (χ1n) is 23.1. The molecule has 3 aliphatic heterocycles. The van der Waals surface area contributed by atoms with Crippen molar-refractivity contribution in [1.82, 2.24) is 20.2 Å². The number of hydrogen-bond acceptors (Lipinski definition) is 18. The molecule has 3 aliphatic rings. The first-order chi connectivity index (χ1) is 31.8. The predicted octanol–water partition coefficient (Wildman–Crippen LogP) is 4.19. The van der Waals surface area contributed by atoms with Crippen LogP contribution in [0.3, 0.4) is 0 Å². The van der Waals surface area contributed by atoms with Crippen LogP contribution in [0.5, 0.6) is 0 Å². The number of amides is 2. The number of hydrogen-bond donors (Lipinski definition) is 5. The van der Waals surface area contributed by atoms with Crippen LogP contribution in [0.2, 0.25) is 0 Å². The molecule has 5 rings (SSSR count). The molecule has 21 heteroatoms. The summed E-state index contributed by atoms with van der Waals surface area (Å²) in [6, 6.07) is 2.39. The van der Waals surface area contributed by atoms with E-state index in [1.54, 1.807) is 58.3 Å². The summed E-state index contributed by atoms with van der Waals surface area (Å²) < 4.78 is 49.0. The Morgan fingerprint density at radius 3 is 2.46 bits per heavy atom. The number of likely N-dealkylation sites (N-methyl/N-ethyl adjacent to an activating group) is 1. The summed E-state index contributed by atoms with van der Waals surface area (Å²) in [6.45, 7) is 14.7. The van der Waals surface area contributed by atoms with E-state index in [1.165, 1.54) is 25.2 Å². The van der Waals surface area contributed by atoms with Gasteiger partial charge in [0.15, 0.2) is 18.7 Å². The molecule has 6 N–H and O–H groups in total. The van der Waals surface area contributed by atoms with Gasteiger partial charge in [0.05, 0.1) is 42.8 Å². The van der Waals surface area contributed by atoms with Gasteiger partial charge in [-0.1, -0.05) is 32.9 Å². The number of Topliss-reactive ketones (excluding diaryl/α,β-unsaturated/α-hetero) is 1. The number of ether oxygens (including phenoxy) is 5. The number of nitrogens with zero attached hydrogens (tertiary/aromatic N) is 4. The van der Waals surface area contributed by atoms with Gasteiger partial charge in [0.1, 0.15) is 40.5 Å². The van der Waals surface area contributed by atoms with Crippen LogP contribution >= 0.6 is 11.3 Å². The zero-order chi connectivity index (χ0) is 50.5. The number of carbonyl (C=O) groups is 4. The maximum Gasteiger partial charge on any atom is 0.351 e. The molecule has 5 heterocycles. The molecule has 68 heavy (non-hydrogen) atoms. The van der Waals surface area contributed by atoms with E-state index in [4.69, 9.17) is 34.3 Å². The van der Waals surface area contributed by atoms with Gasteiger partial charge in [-0.25, -0.2) is 14.2 Å². The third-order valence-electron chi connectivity index (χ3n) is 12.9. The quantitative estimate of drug-likeness (QED) is 0.114. The van der Waals surface area contributed by atoms with Gasteiger partial charge in [0, 0.05) is 41.2 Å². The number of allylic oxidation sites excluding steroid dienone is 1. The molecule has 2 amide bonds. The van der Waals surface area contributed by atoms with E-state index in [2.05, 4.69) is 25.8 Å². The SMILES string of the molecule is CCC(=O)N/C1=C(\C)[C@H]2OCC(=NOCc3ccc(-c4nc(NC(=O)[C@H](C)N)cs4)cn3)CO[C@](C)(C[C@H]1C)[C@H](O[C@@H]1O[C@H](C)C[C@H](N(C)C)[C@H]1O)[C@@H](C)C(=O)[C@](C)(F)C(=O)O[C@H](CC)[C@@]2(C)O. The molecule has 2 aromatic heterocycles. The minimum atomic E-state index is -3.24. The number of aliphatic hydroxyl groups is 2. The lowest BCUT2D eigenvalue weighted by atomic mass is 9.76. The molecule has 0 aliphatic carbocycles. The lowest BCUT2D eigenvalue weighted by Crippen LogP contribution is -2.61. The second-order valence-corrected chi connectivity index (χ2v) is 19.9. The fraction of sp³-hybridized carbons (Fsp3) is 0.681. The van der Waals surface area contributed by atoms with Crippen molar-refractivity contribution in [1.29, 1.82) is 0 Å². The molecule has 2 bridgehead atoms. The predicted molar refractivity (Wildman–Crippen MR) is 251 cm³/mol. The Balaban J connectivity index is 1.61. The Morgan fingerprint density at radius 2 is 1.84 bits per heavy atom. The summed E-state index contributed by atoms with van der Waals surface area (Å²) in [5.41, 5.74) is 0.801. The maximum absolute atomic E-state index is 17.0. The highest BCUT2D eigenvalue weighted by molar-refractivity contribution is 7.13. The third kappa shape index (κ3) is 12.5. The molecule has 13 atom stereocenters. The van der Waals surface area contributed by atoms with E-state index in [0.717, 1.165) is 6.92 Å². The zero-order valence-corrected chi connectivity index (χ0v) is 42.0. The van der Waals surface area contributed by atoms with E-state index >= 15 is 4.39 Å². The number of alkyl halides is 1. The minimum absolute atomic E-state index is 0.00947. The van der Waals surface area contributed by atoms with Crippen molar-refractivity contribution >= 4 is 46.4 Å². The van der Waals surface area contributed by atoms with Crippen molar-refractivity contribution in [3.63, 3.8) is 0 Å². The monoisotopic (exact) mass is 975 g/mol. The van der Waals surface area contributed by atoms with Gasteiger partial charge in [-0.2, -0.15) is 0 Å². The summed E-state index contributed by atoms with van der Waals surface area (Å²) in [6.07, 6.45) is -5.04. The largest absolute Gasteiger partial charge is 0.457 e. The molecule has 0 radical (unpaired) electrons. The number of carbonyl (C=O) groups excluding carboxylic acids is 4. The highest BCUT2D eigenvalue weighted by atomic mass is 32.1. The molecule has 0 saturated carbocycles. The average molecular weight is 976 g/mol. The molecule has 378 valence electrons. The van der Waals surface area contributed by atoms with E-state index < -0.39 is 89.4 Å². The van der Waals surface area contributed by atoms with Gasteiger partial charge in [0.25, 0.3) is 5.67 Å². The Labute approximate surface area is 401 Å². The average Bonchev–Trinajstić information content (AvgIpc) is 3.75. The summed E-state index contributed by atoms with van der Waals surface area (Å²) in [5.74, 6) is -5.16. The van der Waals surface area contributed by atoms with Gasteiger partial charge in [0.2, 0.25) is 11.8 Å². The number of halogens is 1. The first-order valence-corrected chi connectivity index (χ1v) is 23.9.